The quantitative estimate of drug-likeness (QED) is 0.677. The number of hydrogen-bond donors (Lipinski definition) is 2. The zero-order valence-electron chi connectivity index (χ0n) is 16.9. The molecule has 2 atom stereocenters. The molecule has 0 spiro atoms. The van der Waals surface area contributed by atoms with Crippen LogP contribution in [0.3, 0.4) is 0 Å². The zero-order valence-corrected chi connectivity index (χ0v) is 16.9. The summed E-state index contributed by atoms with van der Waals surface area (Å²) in [5.41, 5.74) is 1.23. The molecule has 2 aromatic carbocycles. The summed E-state index contributed by atoms with van der Waals surface area (Å²) < 4.78 is 0. The minimum Gasteiger partial charge on any atom is -0.354 e. The second-order valence-electron chi connectivity index (χ2n) is 7.75. The largest absolute Gasteiger partial charge is 0.354 e. The van der Waals surface area contributed by atoms with E-state index in [1.807, 2.05) is 67.6 Å². The molecular formula is C23H27N3O3. The van der Waals surface area contributed by atoms with Crippen molar-refractivity contribution in [3.8, 4) is 0 Å². The van der Waals surface area contributed by atoms with Gasteiger partial charge in [0, 0.05) is 6.54 Å². The van der Waals surface area contributed by atoms with Crippen LogP contribution in [0.25, 0.3) is 0 Å². The molecule has 0 unspecified atom stereocenters. The Balaban J connectivity index is 1.53. The number of urea groups is 1. The third-order valence-electron chi connectivity index (χ3n) is 5.38. The minimum atomic E-state index is -0.996. The molecule has 1 saturated heterocycles. The lowest BCUT2D eigenvalue weighted by atomic mass is 9.93. The number of amides is 4. The lowest BCUT2D eigenvalue weighted by molar-refractivity contribution is -0.134. The number of imide groups is 1. The normalized spacial score (nSPS) is 19.7. The van der Waals surface area contributed by atoms with E-state index >= 15 is 0 Å². The molecule has 0 bridgehead atoms. The zero-order chi connectivity index (χ0) is 20.9. The molecule has 152 valence electrons. The summed E-state index contributed by atoms with van der Waals surface area (Å²) in [5, 5.41) is 5.58. The van der Waals surface area contributed by atoms with Crippen molar-refractivity contribution in [1.29, 1.82) is 0 Å². The minimum absolute atomic E-state index is 0.138. The van der Waals surface area contributed by atoms with Gasteiger partial charge in [0.05, 0.1) is 0 Å². The summed E-state index contributed by atoms with van der Waals surface area (Å²) in [5.74, 6) is -0.562. The van der Waals surface area contributed by atoms with E-state index in [2.05, 4.69) is 10.6 Å². The Morgan fingerprint density at radius 3 is 2.34 bits per heavy atom. The van der Waals surface area contributed by atoms with Gasteiger partial charge in [-0.2, -0.15) is 0 Å². The maximum atomic E-state index is 12.8. The van der Waals surface area contributed by atoms with Crippen molar-refractivity contribution in [2.24, 2.45) is 0 Å². The highest BCUT2D eigenvalue weighted by Gasteiger charge is 2.47. The molecule has 3 rings (SSSR count). The van der Waals surface area contributed by atoms with E-state index in [4.69, 9.17) is 0 Å². The number of hydrogen-bond acceptors (Lipinski definition) is 3. The summed E-state index contributed by atoms with van der Waals surface area (Å²) in [6, 6.07) is 19.2. The van der Waals surface area contributed by atoms with Crippen molar-refractivity contribution in [3.63, 3.8) is 0 Å². The number of aryl methyl sites for hydroxylation is 1. The first-order chi connectivity index (χ1) is 13.9. The molecule has 0 aromatic heterocycles. The van der Waals surface area contributed by atoms with Gasteiger partial charge < -0.3 is 10.6 Å². The Kier molecular flexibility index (Phi) is 6.32. The van der Waals surface area contributed by atoms with Crippen molar-refractivity contribution in [2.75, 3.05) is 13.1 Å². The first-order valence-corrected chi connectivity index (χ1v) is 9.89. The van der Waals surface area contributed by atoms with Crippen molar-refractivity contribution in [2.45, 2.75) is 38.1 Å². The Morgan fingerprint density at radius 2 is 1.69 bits per heavy atom. The number of nitrogens with zero attached hydrogens (tertiary/aromatic N) is 1. The van der Waals surface area contributed by atoms with E-state index in [0.717, 1.165) is 16.0 Å². The van der Waals surface area contributed by atoms with E-state index in [0.29, 0.717) is 19.4 Å². The highest BCUT2D eigenvalue weighted by molar-refractivity contribution is 6.08. The Morgan fingerprint density at radius 1 is 1.07 bits per heavy atom. The van der Waals surface area contributed by atoms with Gasteiger partial charge >= 0.3 is 6.03 Å². The SMILES string of the molecule is C[C@@H](CNC(=O)CN1C(=O)N[C@](C)(CCc2ccccc2)C1=O)c1ccccc1. The van der Waals surface area contributed by atoms with Crippen molar-refractivity contribution < 1.29 is 14.4 Å². The fourth-order valence-electron chi connectivity index (χ4n) is 3.46. The van der Waals surface area contributed by atoms with Crippen LogP contribution in [-0.4, -0.2) is 41.4 Å². The molecule has 2 N–H and O–H groups in total. The smallest absolute Gasteiger partial charge is 0.325 e. The molecule has 4 amide bonds. The summed E-state index contributed by atoms with van der Waals surface area (Å²) in [6.45, 7) is 3.90. The topological polar surface area (TPSA) is 78.5 Å². The summed E-state index contributed by atoms with van der Waals surface area (Å²) in [7, 11) is 0. The standard InChI is InChI=1S/C23H27N3O3/c1-17(19-11-7-4-8-12-19)15-24-20(27)16-26-21(28)23(2,25-22(26)29)14-13-18-9-5-3-6-10-18/h3-12,17H,13-16H2,1-2H3,(H,24,27)(H,25,29)/t17-,23+/m0/s1. The van der Waals surface area contributed by atoms with Gasteiger partial charge in [0.15, 0.2) is 0 Å². The highest BCUT2D eigenvalue weighted by atomic mass is 16.2. The molecule has 1 fully saturated rings. The van der Waals surface area contributed by atoms with Crippen LogP contribution < -0.4 is 10.6 Å². The van der Waals surface area contributed by atoms with Gasteiger partial charge in [-0.15, -0.1) is 0 Å². The van der Waals surface area contributed by atoms with Gasteiger partial charge in [-0.1, -0.05) is 67.6 Å². The van der Waals surface area contributed by atoms with Crippen molar-refractivity contribution >= 4 is 17.8 Å². The molecule has 1 aliphatic heterocycles. The Bertz CT molecular complexity index is 869. The number of carbonyl (C=O) groups excluding carboxylic acids is 3. The van der Waals surface area contributed by atoms with Crippen LogP contribution in [0.5, 0.6) is 0 Å². The van der Waals surface area contributed by atoms with Crippen LogP contribution in [0, 0.1) is 0 Å². The van der Waals surface area contributed by atoms with Gasteiger partial charge in [-0.3, -0.25) is 14.5 Å². The lowest BCUT2D eigenvalue weighted by Crippen LogP contribution is -2.45. The molecule has 6 heteroatoms. The van der Waals surface area contributed by atoms with Crippen LogP contribution in [0.15, 0.2) is 60.7 Å². The van der Waals surface area contributed by atoms with Gasteiger partial charge in [0.25, 0.3) is 5.91 Å². The highest BCUT2D eigenvalue weighted by Crippen LogP contribution is 2.23. The van der Waals surface area contributed by atoms with Crippen LogP contribution in [0.2, 0.25) is 0 Å². The van der Waals surface area contributed by atoms with Crippen LogP contribution in [0.1, 0.15) is 37.3 Å². The summed E-state index contributed by atoms with van der Waals surface area (Å²) >= 11 is 0. The second kappa shape index (κ2) is 8.90. The Labute approximate surface area is 171 Å². The van der Waals surface area contributed by atoms with Crippen molar-refractivity contribution in [3.05, 3.63) is 71.8 Å². The van der Waals surface area contributed by atoms with E-state index in [1.54, 1.807) is 6.92 Å². The third kappa shape index (κ3) is 5.02. The molecule has 0 radical (unpaired) electrons. The monoisotopic (exact) mass is 393 g/mol. The molecule has 6 nitrogen and oxygen atoms in total. The number of carbonyl (C=O) groups is 3. The molecule has 0 saturated carbocycles. The first-order valence-electron chi connectivity index (χ1n) is 9.89. The number of nitrogens with one attached hydrogen (secondary N) is 2. The average Bonchev–Trinajstić information content (AvgIpc) is 2.95. The van der Waals surface area contributed by atoms with Crippen LogP contribution in [0.4, 0.5) is 4.79 Å². The Hall–Kier alpha value is -3.15. The van der Waals surface area contributed by atoms with Crippen LogP contribution in [-0.2, 0) is 16.0 Å². The number of benzene rings is 2. The fourth-order valence-corrected chi connectivity index (χ4v) is 3.46. The molecule has 1 aliphatic rings. The maximum Gasteiger partial charge on any atom is 0.325 e. The molecule has 1 heterocycles. The summed E-state index contributed by atoms with van der Waals surface area (Å²) in [6.07, 6.45) is 1.14. The first kappa shape index (κ1) is 20.6. The maximum absolute atomic E-state index is 12.8. The summed E-state index contributed by atoms with van der Waals surface area (Å²) in [4.78, 5) is 38.5. The van der Waals surface area contributed by atoms with Crippen LogP contribution >= 0.6 is 0 Å². The van der Waals surface area contributed by atoms with Gasteiger partial charge in [-0.05, 0) is 36.8 Å². The van der Waals surface area contributed by atoms with Crippen molar-refractivity contribution in [1.82, 2.24) is 15.5 Å². The lowest BCUT2D eigenvalue weighted by Gasteiger charge is -2.21. The predicted molar refractivity (Wildman–Crippen MR) is 111 cm³/mol. The fraction of sp³-hybridized carbons (Fsp3) is 0.348. The molecular weight excluding hydrogens is 366 g/mol. The predicted octanol–water partition coefficient (Wildman–Crippen LogP) is 2.85. The molecule has 29 heavy (non-hydrogen) atoms. The molecule has 2 aromatic rings. The van der Waals surface area contributed by atoms with E-state index in [-0.39, 0.29) is 24.3 Å². The second-order valence-corrected chi connectivity index (χ2v) is 7.75. The van der Waals surface area contributed by atoms with Gasteiger partial charge in [-0.25, -0.2) is 4.79 Å². The van der Waals surface area contributed by atoms with Gasteiger partial charge in [0.1, 0.15) is 12.1 Å². The van der Waals surface area contributed by atoms with E-state index in [9.17, 15) is 14.4 Å². The average molecular weight is 393 g/mol. The third-order valence-corrected chi connectivity index (χ3v) is 5.38. The molecule has 0 aliphatic carbocycles. The van der Waals surface area contributed by atoms with Gasteiger partial charge in [0.2, 0.25) is 5.91 Å². The van der Waals surface area contributed by atoms with E-state index < -0.39 is 11.6 Å². The van der Waals surface area contributed by atoms with E-state index in [1.165, 1.54) is 0 Å². The number of rotatable bonds is 8.